The molecule has 3 aromatic heterocycles. The Labute approximate surface area is 211 Å². The van der Waals surface area contributed by atoms with Gasteiger partial charge in [-0.2, -0.15) is 10.2 Å². The molecule has 0 aliphatic heterocycles. The third-order valence-corrected chi connectivity index (χ3v) is 6.20. The van der Waals surface area contributed by atoms with Crippen molar-refractivity contribution in [2.75, 3.05) is 5.75 Å². The Morgan fingerprint density at radius 3 is 2.39 bits per heavy atom. The van der Waals surface area contributed by atoms with Crippen LogP contribution in [0.3, 0.4) is 0 Å². The maximum atomic E-state index is 12.5. The van der Waals surface area contributed by atoms with E-state index >= 15 is 0 Å². The van der Waals surface area contributed by atoms with Crippen molar-refractivity contribution in [3.8, 4) is 22.8 Å². The van der Waals surface area contributed by atoms with Gasteiger partial charge in [0.2, 0.25) is 0 Å². The Balaban J connectivity index is 1.26. The van der Waals surface area contributed by atoms with E-state index in [9.17, 15) is 4.79 Å². The first-order valence-corrected chi connectivity index (χ1v) is 12.2. The lowest BCUT2D eigenvalue weighted by atomic mass is 10.2. The van der Waals surface area contributed by atoms with Gasteiger partial charge in [0.05, 0.1) is 23.3 Å². The second kappa shape index (κ2) is 10.8. The highest BCUT2D eigenvalue weighted by atomic mass is 32.2. The lowest BCUT2D eigenvalue weighted by molar-refractivity contribution is -0.118. The van der Waals surface area contributed by atoms with Gasteiger partial charge in [0.1, 0.15) is 0 Å². The molecule has 0 fully saturated rings. The van der Waals surface area contributed by atoms with Crippen LogP contribution < -0.4 is 5.43 Å². The van der Waals surface area contributed by atoms with Crippen LogP contribution in [0.5, 0.6) is 0 Å². The predicted molar refractivity (Wildman–Crippen MR) is 139 cm³/mol. The highest BCUT2D eigenvalue weighted by molar-refractivity contribution is 7.99. The molecule has 5 rings (SSSR count). The molecule has 0 bridgehead atoms. The number of thioether (sulfide) groups is 1. The van der Waals surface area contributed by atoms with Crippen molar-refractivity contribution in [1.82, 2.24) is 35.0 Å². The summed E-state index contributed by atoms with van der Waals surface area (Å²) in [5, 5.41) is 17.9. The van der Waals surface area contributed by atoms with E-state index < -0.39 is 0 Å². The Hall–Kier alpha value is -4.57. The maximum Gasteiger partial charge on any atom is 0.250 e. The lowest BCUT2D eigenvalue weighted by Gasteiger charge is -2.10. The van der Waals surface area contributed by atoms with E-state index in [2.05, 4.69) is 30.8 Å². The topological polar surface area (TPSA) is 103 Å². The van der Waals surface area contributed by atoms with Gasteiger partial charge in [-0.3, -0.25) is 14.3 Å². The van der Waals surface area contributed by atoms with Gasteiger partial charge < -0.3 is 0 Å². The van der Waals surface area contributed by atoms with Crippen LogP contribution in [-0.2, 0) is 4.79 Å². The summed E-state index contributed by atoms with van der Waals surface area (Å²) < 4.78 is 3.71. The highest BCUT2D eigenvalue weighted by Gasteiger charge is 2.17. The molecule has 2 aromatic carbocycles. The minimum Gasteiger partial charge on any atom is -0.272 e. The Kier molecular flexibility index (Phi) is 6.95. The zero-order valence-electron chi connectivity index (χ0n) is 19.4. The normalized spacial score (nSPS) is 11.1. The van der Waals surface area contributed by atoms with Crippen molar-refractivity contribution in [3.63, 3.8) is 0 Å². The number of aromatic nitrogens is 6. The number of pyridine rings is 1. The molecule has 10 heteroatoms. The fourth-order valence-electron chi connectivity index (χ4n) is 3.51. The number of hydrazone groups is 1. The molecule has 1 N–H and O–H groups in total. The quantitative estimate of drug-likeness (QED) is 0.198. The van der Waals surface area contributed by atoms with Crippen LogP contribution in [0, 0.1) is 6.92 Å². The number of carbonyl (C=O) groups excluding carboxylic acids is 1. The molecule has 1 amide bonds. The van der Waals surface area contributed by atoms with Crippen molar-refractivity contribution < 1.29 is 4.79 Å². The number of nitrogens with one attached hydrogen (secondary N) is 1. The standard InChI is InChI=1S/C26H22N8OS/c1-19-21(17-33(32-19)22-8-4-2-5-9-22)16-28-29-24(35)18-36-26-31-30-25(20-12-14-27-15-13-20)34(26)23-10-6-3-7-11-23/h2-17H,18H2,1H3,(H,29,35)/b28-16-. The SMILES string of the molecule is Cc1nn(-c2ccccc2)cc1/C=N\NC(=O)CSc1nnc(-c2ccncc2)n1-c1ccccc1. The highest BCUT2D eigenvalue weighted by Crippen LogP contribution is 2.27. The van der Waals surface area contributed by atoms with Crippen LogP contribution >= 0.6 is 11.8 Å². The first-order chi connectivity index (χ1) is 17.7. The molecule has 0 saturated heterocycles. The summed E-state index contributed by atoms with van der Waals surface area (Å²) in [5.41, 5.74) is 6.95. The lowest BCUT2D eigenvalue weighted by Crippen LogP contribution is -2.20. The van der Waals surface area contributed by atoms with E-state index in [0.717, 1.165) is 28.2 Å². The molecule has 36 heavy (non-hydrogen) atoms. The Bertz CT molecular complexity index is 1480. The van der Waals surface area contributed by atoms with Crippen molar-refractivity contribution >= 4 is 23.9 Å². The number of carbonyl (C=O) groups is 1. The van der Waals surface area contributed by atoms with Crippen molar-refractivity contribution in [3.05, 3.63) is 103 Å². The van der Waals surface area contributed by atoms with Gasteiger partial charge in [-0.15, -0.1) is 10.2 Å². The van der Waals surface area contributed by atoms with Gasteiger partial charge in [0.15, 0.2) is 11.0 Å². The van der Waals surface area contributed by atoms with Gasteiger partial charge in [-0.25, -0.2) is 10.1 Å². The zero-order chi connectivity index (χ0) is 24.7. The first-order valence-electron chi connectivity index (χ1n) is 11.2. The summed E-state index contributed by atoms with van der Waals surface area (Å²) in [7, 11) is 0. The third kappa shape index (κ3) is 5.23. The molecule has 0 atom stereocenters. The molecular weight excluding hydrogens is 472 g/mol. The molecular formula is C26H22N8OS. The summed E-state index contributed by atoms with van der Waals surface area (Å²) in [6, 6.07) is 23.4. The van der Waals surface area contributed by atoms with Gasteiger partial charge in [-0.05, 0) is 43.3 Å². The first kappa shape index (κ1) is 23.2. The summed E-state index contributed by atoms with van der Waals surface area (Å²) in [6.07, 6.45) is 6.89. The minimum atomic E-state index is -0.252. The summed E-state index contributed by atoms with van der Waals surface area (Å²) in [6.45, 7) is 1.90. The number of amides is 1. The molecule has 178 valence electrons. The monoisotopic (exact) mass is 494 g/mol. The van der Waals surface area contributed by atoms with Crippen LogP contribution in [0.1, 0.15) is 11.3 Å². The summed E-state index contributed by atoms with van der Waals surface area (Å²) in [5.74, 6) is 0.550. The van der Waals surface area contributed by atoms with E-state index in [1.54, 1.807) is 23.3 Å². The number of hydrogen-bond acceptors (Lipinski definition) is 7. The van der Waals surface area contributed by atoms with Gasteiger partial charge in [0.25, 0.3) is 5.91 Å². The average molecular weight is 495 g/mol. The van der Waals surface area contributed by atoms with Crippen molar-refractivity contribution in [2.45, 2.75) is 12.1 Å². The smallest absolute Gasteiger partial charge is 0.250 e. The second-order valence-electron chi connectivity index (χ2n) is 7.74. The number of rotatable bonds is 8. The second-order valence-corrected chi connectivity index (χ2v) is 8.69. The molecule has 0 saturated carbocycles. The van der Waals surface area contributed by atoms with Crippen LogP contribution in [0.15, 0.2) is 102 Å². The fraction of sp³-hybridized carbons (Fsp3) is 0.0769. The molecule has 0 aliphatic carbocycles. The fourth-order valence-corrected chi connectivity index (χ4v) is 4.25. The maximum absolute atomic E-state index is 12.5. The van der Waals surface area contributed by atoms with Crippen molar-refractivity contribution in [2.24, 2.45) is 5.10 Å². The van der Waals surface area contributed by atoms with E-state index in [4.69, 9.17) is 0 Å². The predicted octanol–water partition coefficient (Wildman–Crippen LogP) is 4.07. The van der Waals surface area contributed by atoms with E-state index in [-0.39, 0.29) is 11.7 Å². The van der Waals surface area contributed by atoms with E-state index in [1.165, 1.54) is 11.8 Å². The third-order valence-electron chi connectivity index (χ3n) is 5.27. The molecule has 5 aromatic rings. The number of para-hydroxylation sites is 2. The molecule has 0 unspecified atom stereocenters. The Morgan fingerprint density at radius 2 is 1.67 bits per heavy atom. The largest absolute Gasteiger partial charge is 0.272 e. The molecule has 0 spiro atoms. The van der Waals surface area contributed by atoms with Crippen molar-refractivity contribution in [1.29, 1.82) is 0 Å². The van der Waals surface area contributed by atoms with Crippen LogP contribution in [0.25, 0.3) is 22.8 Å². The van der Waals surface area contributed by atoms with E-state index in [0.29, 0.717) is 11.0 Å². The van der Waals surface area contributed by atoms with Gasteiger partial charge >= 0.3 is 0 Å². The number of nitrogens with zero attached hydrogens (tertiary/aromatic N) is 7. The molecule has 0 aliphatic rings. The van der Waals surface area contributed by atoms with Crippen LogP contribution in [0.2, 0.25) is 0 Å². The number of hydrogen-bond donors (Lipinski definition) is 1. The van der Waals surface area contributed by atoms with Gasteiger partial charge in [0, 0.05) is 35.4 Å². The minimum absolute atomic E-state index is 0.126. The van der Waals surface area contributed by atoms with E-state index in [1.807, 2.05) is 90.5 Å². The number of aryl methyl sites for hydroxylation is 1. The summed E-state index contributed by atoms with van der Waals surface area (Å²) >= 11 is 1.29. The number of benzene rings is 2. The van der Waals surface area contributed by atoms with Crippen LogP contribution in [0.4, 0.5) is 0 Å². The van der Waals surface area contributed by atoms with Crippen LogP contribution in [-0.4, -0.2) is 47.4 Å². The zero-order valence-corrected chi connectivity index (χ0v) is 20.2. The molecule has 9 nitrogen and oxygen atoms in total. The molecule has 3 heterocycles. The average Bonchev–Trinajstić information content (AvgIpc) is 3.52. The van der Waals surface area contributed by atoms with Gasteiger partial charge in [-0.1, -0.05) is 48.2 Å². The Morgan fingerprint density at radius 1 is 0.972 bits per heavy atom. The summed E-state index contributed by atoms with van der Waals surface area (Å²) in [4.78, 5) is 16.6. The molecule has 0 radical (unpaired) electrons.